The van der Waals surface area contributed by atoms with Crippen molar-refractivity contribution in [2.24, 2.45) is 5.92 Å². The molecule has 1 aliphatic rings. The molecule has 3 nitrogen and oxygen atoms in total. The van der Waals surface area contributed by atoms with Gasteiger partial charge >= 0.3 is 0 Å². The van der Waals surface area contributed by atoms with E-state index in [1.54, 1.807) is 0 Å². The number of nitrogens with one attached hydrogen (secondary N) is 1. The van der Waals surface area contributed by atoms with Gasteiger partial charge in [0.2, 0.25) is 0 Å². The van der Waals surface area contributed by atoms with Crippen LogP contribution in [0, 0.1) is 5.92 Å². The highest BCUT2D eigenvalue weighted by atomic mass is 16.1. The van der Waals surface area contributed by atoms with E-state index in [0.717, 1.165) is 31.2 Å². The van der Waals surface area contributed by atoms with Crippen LogP contribution in [0.25, 0.3) is 0 Å². The molecule has 1 saturated heterocycles. The van der Waals surface area contributed by atoms with Crippen molar-refractivity contribution in [3.63, 3.8) is 0 Å². The molecule has 0 aliphatic carbocycles. The zero-order valence-corrected chi connectivity index (χ0v) is 16.8. The summed E-state index contributed by atoms with van der Waals surface area (Å²) in [6, 6.07) is 28.4. The maximum atomic E-state index is 12.6. The van der Waals surface area contributed by atoms with Crippen molar-refractivity contribution in [3.05, 3.63) is 102 Å². The lowest BCUT2D eigenvalue weighted by Gasteiger charge is -2.32. The van der Waals surface area contributed by atoms with E-state index in [0.29, 0.717) is 5.56 Å². The van der Waals surface area contributed by atoms with Crippen LogP contribution in [0.5, 0.6) is 0 Å². The standard InChI is InChI=1S/C26H28N2O/c29-26(27-25-12-5-2-6-13-25)24-11-7-10-23(19-24)20-28-16-14-22(15-17-28)18-21-8-3-1-4-9-21/h1-13,19,22H,14-18,20H2,(H,27,29). The predicted molar refractivity (Wildman–Crippen MR) is 119 cm³/mol. The minimum Gasteiger partial charge on any atom is -0.322 e. The summed E-state index contributed by atoms with van der Waals surface area (Å²) in [7, 11) is 0. The number of carbonyl (C=O) groups is 1. The first kappa shape index (κ1) is 19.4. The number of amides is 1. The van der Waals surface area contributed by atoms with E-state index >= 15 is 0 Å². The van der Waals surface area contributed by atoms with Gasteiger partial charge in [0.1, 0.15) is 0 Å². The van der Waals surface area contributed by atoms with Gasteiger partial charge in [0.05, 0.1) is 0 Å². The van der Waals surface area contributed by atoms with Gasteiger partial charge in [0.25, 0.3) is 5.91 Å². The molecule has 0 radical (unpaired) electrons. The highest BCUT2D eigenvalue weighted by molar-refractivity contribution is 6.04. The van der Waals surface area contributed by atoms with Gasteiger partial charge in [0, 0.05) is 17.8 Å². The minimum absolute atomic E-state index is 0.0559. The lowest BCUT2D eigenvalue weighted by molar-refractivity contribution is 0.102. The second-order valence-electron chi connectivity index (χ2n) is 7.93. The van der Waals surface area contributed by atoms with E-state index in [-0.39, 0.29) is 5.91 Å². The fourth-order valence-corrected chi connectivity index (χ4v) is 4.09. The topological polar surface area (TPSA) is 32.3 Å². The zero-order chi connectivity index (χ0) is 19.9. The fraction of sp³-hybridized carbons (Fsp3) is 0.269. The molecular weight excluding hydrogens is 356 g/mol. The number of anilines is 1. The number of piperidine rings is 1. The number of nitrogens with zero attached hydrogens (tertiary/aromatic N) is 1. The first-order valence-electron chi connectivity index (χ1n) is 10.5. The Morgan fingerprint density at radius 3 is 2.21 bits per heavy atom. The summed E-state index contributed by atoms with van der Waals surface area (Å²) in [5, 5.41) is 2.97. The first-order chi connectivity index (χ1) is 14.3. The van der Waals surface area contributed by atoms with Crippen LogP contribution in [0.4, 0.5) is 5.69 Å². The van der Waals surface area contributed by atoms with Crippen molar-refractivity contribution in [1.29, 1.82) is 0 Å². The van der Waals surface area contributed by atoms with E-state index < -0.39 is 0 Å². The maximum absolute atomic E-state index is 12.6. The van der Waals surface area contributed by atoms with E-state index in [2.05, 4.69) is 46.6 Å². The summed E-state index contributed by atoms with van der Waals surface area (Å²) in [6.45, 7) is 3.15. The van der Waals surface area contributed by atoms with Gasteiger partial charge in [-0.2, -0.15) is 0 Å². The number of hydrogen-bond acceptors (Lipinski definition) is 2. The molecule has 0 unspecified atom stereocenters. The Morgan fingerprint density at radius 2 is 1.48 bits per heavy atom. The van der Waals surface area contributed by atoms with Gasteiger partial charge in [-0.25, -0.2) is 0 Å². The van der Waals surface area contributed by atoms with Gasteiger partial charge in [-0.1, -0.05) is 60.7 Å². The molecule has 148 valence electrons. The van der Waals surface area contributed by atoms with Crippen molar-refractivity contribution in [2.75, 3.05) is 18.4 Å². The minimum atomic E-state index is -0.0559. The largest absolute Gasteiger partial charge is 0.322 e. The van der Waals surface area contributed by atoms with E-state index in [9.17, 15) is 4.79 Å². The smallest absolute Gasteiger partial charge is 0.255 e. The van der Waals surface area contributed by atoms with Crippen molar-refractivity contribution >= 4 is 11.6 Å². The molecule has 3 aromatic carbocycles. The quantitative estimate of drug-likeness (QED) is 0.618. The second kappa shape index (κ2) is 9.53. The summed E-state index contributed by atoms with van der Waals surface area (Å²) in [4.78, 5) is 15.1. The molecule has 1 fully saturated rings. The Morgan fingerprint density at radius 1 is 0.828 bits per heavy atom. The number of para-hydroxylation sites is 1. The summed E-state index contributed by atoms with van der Waals surface area (Å²) in [5.74, 6) is 0.719. The number of benzene rings is 3. The monoisotopic (exact) mass is 384 g/mol. The Hall–Kier alpha value is -2.91. The van der Waals surface area contributed by atoms with E-state index in [1.165, 1.54) is 30.4 Å². The molecule has 3 heteroatoms. The summed E-state index contributed by atoms with van der Waals surface area (Å²) in [5.41, 5.74) is 4.18. The van der Waals surface area contributed by atoms with Crippen LogP contribution in [0.1, 0.15) is 34.3 Å². The normalized spacial score (nSPS) is 15.2. The van der Waals surface area contributed by atoms with Crippen LogP contribution < -0.4 is 5.32 Å². The highest BCUT2D eigenvalue weighted by Crippen LogP contribution is 2.23. The van der Waals surface area contributed by atoms with Crippen LogP contribution >= 0.6 is 0 Å². The highest BCUT2D eigenvalue weighted by Gasteiger charge is 2.19. The molecule has 1 N–H and O–H groups in total. The average molecular weight is 385 g/mol. The third-order valence-electron chi connectivity index (χ3n) is 5.70. The van der Waals surface area contributed by atoms with Gasteiger partial charge in [-0.15, -0.1) is 0 Å². The molecule has 0 spiro atoms. The molecule has 0 bridgehead atoms. The van der Waals surface area contributed by atoms with Crippen molar-refractivity contribution in [3.8, 4) is 0 Å². The second-order valence-corrected chi connectivity index (χ2v) is 7.93. The van der Waals surface area contributed by atoms with Crippen molar-refractivity contribution < 1.29 is 4.79 Å². The molecule has 0 saturated carbocycles. The maximum Gasteiger partial charge on any atom is 0.255 e. The number of hydrogen-bond donors (Lipinski definition) is 1. The Balaban J connectivity index is 1.30. The molecule has 1 amide bonds. The average Bonchev–Trinajstić information content (AvgIpc) is 2.77. The Kier molecular flexibility index (Phi) is 6.38. The van der Waals surface area contributed by atoms with E-state index in [4.69, 9.17) is 0 Å². The fourth-order valence-electron chi connectivity index (χ4n) is 4.09. The van der Waals surface area contributed by atoms with Crippen molar-refractivity contribution in [1.82, 2.24) is 4.90 Å². The summed E-state index contributed by atoms with van der Waals surface area (Å²) < 4.78 is 0. The van der Waals surface area contributed by atoms with Crippen LogP contribution in [-0.4, -0.2) is 23.9 Å². The zero-order valence-electron chi connectivity index (χ0n) is 16.8. The first-order valence-corrected chi connectivity index (χ1v) is 10.5. The number of likely N-dealkylation sites (tertiary alicyclic amines) is 1. The van der Waals surface area contributed by atoms with E-state index in [1.807, 2.05) is 48.5 Å². The molecule has 0 atom stereocenters. The number of carbonyl (C=O) groups excluding carboxylic acids is 1. The van der Waals surface area contributed by atoms with Gasteiger partial charge in [-0.05, 0) is 73.7 Å². The Bertz CT molecular complexity index is 916. The van der Waals surface area contributed by atoms with Crippen molar-refractivity contribution in [2.45, 2.75) is 25.8 Å². The summed E-state index contributed by atoms with van der Waals surface area (Å²) >= 11 is 0. The SMILES string of the molecule is O=C(Nc1ccccc1)c1cccc(CN2CCC(Cc3ccccc3)CC2)c1. The van der Waals surface area contributed by atoms with Crippen LogP contribution in [0.2, 0.25) is 0 Å². The Labute approximate surface area is 173 Å². The molecule has 3 aromatic rings. The third kappa shape index (κ3) is 5.55. The molecule has 1 aliphatic heterocycles. The number of rotatable bonds is 6. The molecule has 0 aromatic heterocycles. The molecule has 29 heavy (non-hydrogen) atoms. The molecule has 1 heterocycles. The van der Waals surface area contributed by atoms with Gasteiger partial charge < -0.3 is 5.32 Å². The molecular formula is C26H28N2O. The lowest BCUT2D eigenvalue weighted by Crippen LogP contribution is -2.33. The van der Waals surface area contributed by atoms with Crippen LogP contribution in [0.3, 0.4) is 0 Å². The lowest BCUT2D eigenvalue weighted by atomic mass is 9.90. The van der Waals surface area contributed by atoms with Gasteiger partial charge in [0.15, 0.2) is 0 Å². The van der Waals surface area contributed by atoms with Gasteiger partial charge in [-0.3, -0.25) is 9.69 Å². The predicted octanol–water partition coefficient (Wildman–Crippen LogP) is 5.39. The summed E-state index contributed by atoms with van der Waals surface area (Å²) in [6.07, 6.45) is 3.66. The molecule has 4 rings (SSSR count). The third-order valence-corrected chi connectivity index (χ3v) is 5.70. The van der Waals surface area contributed by atoms with Crippen LogP contribution in [-0.2, 0) is 13.0 Å². The van der Waals surface area contributed by atoms with Crippen LogP contribution in [0.15, 0.2) is 84.9 Å².